The summed E-state index contributed by atoms with van der Waals surface area (Å²) in [6.45, 7) is 6.52. The molecule has 9 heteroatoms. The van der Waals surface area contributed by atoms with Gasteiger partial charge in [-0.2, -0.15) is 5.26 Å². The van der Waals surface area contributed by atoms with Gasteiger partial charge in [0.05, 0.1) is 35.7 Å². The Bertz CT molecular complexity index is 1230. The van der Waals surface area contributed by atoms with Crippen LogP contribution in [0.25, 0.3) is 11.3 Å². The van der Waals surface area contributed by atoms with Gasteiger partial charge in [0, 0.05) is 35.7 Å². The Kier molecular flexibility index (Phi) is 6.83. The van der Waals surface area contributed by atoms with Crippen LogP contribution in [0.5, 0.6) is 0 Å². The Morgan fingerprint density at radius 2 is 2.03 bits per heavy atom. The number of rotatable bonds is 6. The molecule has 0 radical (unpaired) electrons. The quantitative estimate of drug-likeness (QED) is 0.526. The minimum Gasteiger partial charge on any atom is -0.378 e. The predicted octanol–water partition coefficient (Wildman–Crippen LogP) is 4.37. The van der Waals surface area contributed by atoms with E-state index >= 15 is 0 Å². The van der Waals surface area contributed by atoms with E-state index in [1.807, 2.05) is 24.3 Å². The van der Waals surface area contributed by atoms with E-state index in [9.17, 15) is 10.1 Å². The fourth-order valence-electron chi connectivity index (χ4n) is 3.44. The van der Waals surface area contributed by atoms with E-state index in [2.05, 4.69) is 38.1 Å². The summed E-state index contributed by atoms with van der Waals surface area (Å²) in [7, 11) is 0. The lowest BCUT2D eigenvalue weighted by Gasteiger charge is -2.29. The van der Waals surface area contributed by atoms with Crippen molar-refractivity contribution in [1.29, 1.82) is 5.26 Å². The van der Waals surface area contributed by atoms with Crippen LogP contribution in [0, 0.1) is 11.3 Å². The summed E-state index contributed by atoms with van der Waals surface area (Å²) < 4.78 is 5.43. The second-order valence-electron chi connectivity index (χ2n) is 7.23. The lowest BCUT2D eigenvalue weighted by Crippen LogP contribution is -2.36. The molecular weight excluding hydrogens is 440 g/mol. The van der Waals surface area contributed by atoms with Gasteiger partial charge in [0.15, 0.2) is 0 Å². The van der Waals surface area contributed by atoms with E-state index in [4.69, 9.17) is 16.3 Å². The van der Waals surface area contributed by atoms with Crippen LogP contribution in [0.3, 0.4) is 0 Å². The number of nitriles is 1. The first-order chi connectivity index (χ1) is 16.1. The third-order valence-corrected chi connectivity index (χ3v) is 5.39. The second kappa shape index (κ2) is 10.1. The fourth-order valence-corrected chi connectivity index (χ4v) is 3.65. The molecule has 1 saturated heterocycles. The molecular formula is C24H21ClN6O2. The summed E-state index contributed by atoms with van der Waals surface area (Å²) in [4.78, 5) is 22.8. The van der Waals surface area contributed by atoms with Crippen molar-refractivity contribution in [2.75, 3.05) is 41.8 Å². The summed E-state index contributed by atoms with van der Waals surface area (Å²) in [6, 6.07) is 15.0. The minimum absolute atomic E-state index is 0.261. The average molecular weight is 461 g/mol. The highest BCUT2D eigenvalue weighted by Crippen LogP contribution is 2.32. The van der Waals surface area contributed by atoms with E-state index in [0.29, 0.717) is 41.1 Å². The zero-order valence-electron chi connectivity index (χ0n) is 17.7. The normalized spacial score (nSPS) is 13.2. The van der Waals surface area contributed by atoms with Gasteiger partial charge in [-0.1, -0.05) is 24.2 Å². The maximum absolute atomic E-state index is 11.7. The summed E-state index contributed by atoms with van der Waals surface area (Å²) in [6.07, 6.45) is 2.62. The van der Waals surface area contributed by atoms with Crippen molar-refractivity contribution in [2.45, 2.75) is 0 Å². The van der Waals surface area contributed by atoms with Crippen molar-refractivity contribution in [2.24, 2.45) is 0 Å². The van der Waals surface area contributed by atoms with Crippen molar-refractivity contribution in [3.63, 3.8) is 0 Å². The molecule has 0 saturated carbocycles. The fraction of sp³-hybridized carbons (Fsp3) is 0.167. The zero-order valence-corrected chi connectivity index (χ0v) is 18.5. The Morgan fingerprint density at radius 3 is 2.79 bits per heavy atom. The van der Waals surface area contributed by atoms with Gasteiger partial charge in [0.25, 0.3) is 0 Å². The zero-order chi connectivity index (χ0) is 23.2. The molecule has 1 fully saturated rings. The average Bonchev–Trinajstić information content (AvgIpc) is 2.86. The first-order valence-electron chi connectivity index (χ1n) is 10.3. The number of nitrogens with one attached hydrogen (secondary N) is 2. The van der Waals surface area contributed by atoms with Gasteiger partial charge in [-0.25, -0.2) is 9.97 Å². The summed E-state index contributed by atoms with van der Waals surface area (Å²) in [5.74, 6) is -0.0336. The van der Waals surface area contributed by atoms with E-state index in [0.717, 1.165) is 24.5 Å². The summed E-state index contributed by atoms with van der Waals surface area (Å²) >= 11 is 6.41. The number of hydrogen-bond acceptors (Lipinski definition) is 7. The molecule has 0 spiro atoms. The number of anilines is 4. The standard InChI is InChI=1S/C24H21ClN6O2/c1-2-22(32)28-18-6-7-21(25)20(13-18)23-16(14-26)15-27-24(30-23)29-17-4-3-5-19(12-17)31-8-10-33-11-9-31/h2-7,12-13,15H,1,8-11H2,(H,28,32)(H,27,29,30). The Hall–Kier alpha value is -3.93. The van der Waals surface area contributed by atoms with Crippen LogP contribution in [0.15, 0.2) is 61.3 Å². The molecule has 1 amide bonds. The van der Waals surface area contributed by atoms with Crippen LogP contribution in [0.1, 0.15) is 5.56 Å². The monoisotopic (exact) mass is 460 g/mol. The number of morpholine rings is 1. The third-order valence-electron chi connectivity index (χ3n) is 5.06. The topological polar surface area (TPSA) is 103 Å². The van der Waals surface area contributed by atoms with Gasteiger partial charge in [-0.15, -0.1) is 0 Å². The Labute approximate surface area is 196 Å². The second-order valence-corrected chi connectivity index (χ2v) is 7.64. The molecule has 1 aliphatic heterocycles. The molecule has 8 nitrogen and oxygen atoms in total. The molecule has 0 bridgehead atoms. The van der Waals surface area contributed by atoms with Crippen molar-refractivity contribution >= 4 is 40.5 Å². The largest absolute Gasteiger partial charge is 0.378 e. The number of nitrogens with zero attached hydrogens (tertiary/aromatic N) is 4. The third kappa shape index (κ3) is 5.29. The number of benzene rings is 2. The van der Waals surface area contributed by atoms with E-state index in [1.165, 1.54) is 12.3 Å². The van der Waals surface area contributed by atoms with E-state index in [-0.39, 0.29) is 11.5 Å². The number of aromatic nitrogens is 2. The van der Waals surface area contributed by atoms with Crippen molar-refractivity contribution in [3.05, 3.63) is 71.9 Å². The Morgan fingerprint density at radius 1 is 1.21 bits per heavy atom. The first kappa shape index (κ1) is 22.3. The molecule has 3 aromatic rings. The van der Waals surface area contributed by atoms with Gasteiger partial charge in [0.1, 0.15) is 6.07 Å². The van der Waals surface area contributed by atoms with Crippen molar-refractivity contribution in [3.8, 4) is 17.3 Å². The number of hydrogen-bond donors (Lipinski definition) is 2. The summed E-state index contributed by atoms with van der Waals surface area (Å²) in [5.41, 5.74) is 3.52. The number of carbonyl (C=O) groups excluding carboxylic acids is 1. The molecule has 1 aliphatic rings. The van der Waals surface area contributed by atoms with Crippen molar-refractivity contribution in [1.82, 2.24) is 9.97 Å². The minimum atomic E-state index is -0.353. The smallest absolute Gasteiger partial charge is 0.247 e. The van der Waals surface area contributed by atoms with Crippen LogP contribution in [-0.4, -0.2) is 42.2 Å². The molecule has 166 valence electrons. The highest BCUT2D eigenvalue weighted by molar-refractivity contribution is 6.33. The molecule has 2 heterocycles. The molecule has 2 N–H and O–H groups in total. The van der Waals surface area contributed by atoms with Gasteiger partial charge in [-0.3, -0.25) is 4.79 Å². The van der Waals surface area contributed by atoms with Crippen LogP contribution < -0.4 is 15.5 Å². The van der Waals surface area contributed by atoms with Crippen molar-refractivity contribution < 1.29 is 9.53 Å². The van der Waals surface area contributed by atoms with Crippen LogP contribution in [0.2, 0.25) is 5.02 Å². The molecule has 0 unspecified atom stereocenters. The molecule has 1 aromatic heterocycles. The number of halogens is 1. The maximum Gasteiger partial charge on any atom is 0.247 e. The van der Waals surface area contributed by atoms with Gasteiger partial charge in [0.2, 0.25) is 11.9 Å². The number of ether oxygens (including phenoxy) is 1. The van der Waals surface area contributed by atoms with E-state index in [1.54, 1.807) is 18.2 Å². The highest BCUT2D eigenvalue weighted by atomic mass is 35.5. The molecule has 0 atom stereocenters. The SMILES string of the molecule is C=CC(=O)Nc1ccc(Cl)c(-c2nc(Nc3cccc(N4CCOCC4)c3)ncc2C#N)c1. The molecule has 2 aromatic carbocycles. The molecule has 0 aliphatic carbocycles. The number of amides is 1. The first-order valence-corrected chi connectivity index (χ1v) is 10.7. The summed E-state index contributed by atoms with van der Waals surface area (Å²) in [5, 5.41) is 15.9. The Balaban J connectivity index is 1.64. The number of carbonyl (C=O) groups is 1. The van der Waals surface area contributed by atoms with Crippen LogP contribution in [0.4, 0.5) is 23.0 Å². The molecule has 33 heavy (non-hydrogen) atoms. The molecule has 4 rings (SSSR count). The van der Waals surface area contributed by atoms with Crippen LogP contribution in [-0.2, 0) is 9.53 Å². The predicted molar refractivity (Wildman–Crippen MR) is 129 cm³/mol. The van der Waals surface area contributed by atoms with Gasteiger partial charge < -0.3 is 20.3 Å². The van der Waals surface area contributed by atoms with Gasteiger partial charge >= 0.3 is 0 Å². The van der Waals surface area contributed by atoms with Gasteiger partial charge in [-0.05, 0) is 42.5 Å². The highest BCUT2D eigenvalue weighted by Gasteiger charge is 2.15. The lowest BCUT2D eigenvalue weighted by molar-refractivity contribution is -0.111. The maximum atomic E-state index is 11.7. The van der Waals surface area contributed by atoms with Crippen LogP contribution >= 0.6 is 11.6 Å². The lowest BCUT2D eigenvalue weighted by atomic mass is 10.1. The van der Waals surface area contributed by atoms with E-state index < -0.39 is 0 Å².